The number of aliphatic hydroxyl groups is 1. The van der Waals surface area contributed by atoms with E-state index in [0.717, 1.165) is 35.3 Å². The minimum absolute atomic E-state index is 0.0160. The van der Waals surface area contributed by atoms with Gasteiger partial charge in [-0.2, -0.15) is 0 Å². The number of nitrogens with one attached hydrogen (secondary N) is 2. The Kier molecular flexibility index (Phi) is 13.7. The quantitative estimate of drug-likeness (QED) is 0.209. The number of aliphatic hydroxyl groups excluding tert-OH is 1. The smallest absolute Gasteiger partial charge is 0.309 e. The summed E-state index contributed by atoms with van der Waals surface area (Å²) in [5, 5.41) is 15.7. The van der Waals surface area contributed by atoms with Crippen molar-refractivity contribution < 1.29 is 29.0 Å². The van der Waals surface area contributed by atoms with Gasteiger partial charge in [-0.05, 0) is 67.3 Å². The minimum Gasteiger partial charge on any atom is -0.489 e. The molecule has 0 unspecified atom stereocenters. The molecule has 0 saturated heterocycles. The number of rotatable bonds is 11. The molecule has 0 aromatic heterocycles. The average molecular weight is 613 g/mol. The van der Waals surface area contributed by atoms with Crippen LogP contribution in [0.25, 0.3) is 0 Å². The molecule has 0 saturated carbocycles. The first kappa shape index (κ1) is 33.5. The number of carbonyl (C=O) groups excluding carboxylic acids is 3. The number of allylic oxidation sites excluding steroid dienone is 2. The summed E-state index contributed by atoms with van der Waals surface area (Å²) in [5.74, 6) is -0.902. The normalized spacial score (nSPS) is 18.6. The lowest BCUT2D eigenvalue weighted by Gasteiger charge is -2.20. The first-order chi connectivity index (χ1) is 22.0. The molecule has 0 radical (unpaired) electrons. The Balaban J connectivity index is 1.26. The fourth-order valence-corrected chi connectivity index (χ4v) is 5.35. The van der Waals surface area contributed by atoms with E-state index < -0.39 is 12.0 Å². The lowest BCUT2D eigenvalue weighted by atomic mass is 9.93. The fourth-order valence-electron chi connectivity index (χ4n) is 5.35. The molecule has 0 fully saturated rings. The fraction of sp³-hybridized carbons (Fsp3) is 0.378. The Morgan fingerprint density at radius 1 is 0.911 bits per heavy atom. The summed E-state index contributed by atoms with van der Waals surface area (Å²) in [6.07, 6.45) is 7.71. The summed E-state index contributed by atoms with van der Waals surface area (Å²) in [5.41, 5.74) is 3.12. The second kappa shape index (κ2) is 18.4. The Bertz CT molecular complexity index is 1360. The summed E-state index contributed by atoms with van der Waals surface area (Å²) in [6.45, 7) is 0.493. The lowest BCUT2D eigenvalue weighted by Crippen LogP contribution is -2.42. The van der Waals surface area contributed by atoms with Crippen LogP contribution in [0.2, 0.25) is 0 Å². The highest BCUT2D eigenvalue weighted by atomic mass is 16.5. The molecule has 2 amide bonds. The third-order valence-corrected chi connectivity index (χ3v) is 7.86. The SMILES string of the molecule is O=C(C[C@H]1CC=CCCC[C@H](Cc2ccccc2)C(=O)OCCNC1=O)N[C@H](CO)Cc1ccc(OCc2ccccc2)cc1. The molecule has 8 heteroatoms. The maximum atomic E-state index is 13.0. The molecule has 0 bridgehead atoms. The van der Waals surface area contributed by atoms with Gasteiger partial charge < -0.3 is 25.2 Å². The summed E-state index contributed by atoms with van der Waals surface area (Å²) in [6, 6.07) is 26.9. The highest BCUT2D eigenvalue weighted by Gasteiger charge is 2.24. The molecule has 0 aliphatic carbocycles. The monoisotopic (exact) mass is 612 g/mol. The first-order valence-corrected chi connectivity index (χ1v) is 15.8. The van der Waals surface area contributed by atoms with E-state index in [2.05, 4.69) is 10.6 Å². The zero-order valence-corrected chi connectivity index (χ0v) is 25.7. The van der Waals surface area contributed by atoms with Gasteiger partial charge in [0.2, 0.25) is 11.8 Å². The van der Waals surface area contributed by atoms with Gasteiger partial charge in [0.15, 0.2) is 0 Å². The van der Waals surface area contributed by atoms with Gasteiger partial charge in [0.25, 0.3) is 0 Å². The molecule has 238 valence electrons. The van der Waals surface area contributed by atoms with Crippen LogP contribution in [-0.2, 0) is 38.6 Å². The Labute approximate surface area is 265 Å². The number of ether oxygens (including phenoxy) is 2. The van der Waals surface area contributed by atoms with Gasteiger partial charge in [0.05, 0.1) is 31.0 Å². The van der Waals surface area contributed by atoms with E-state index >= 15 is 0 Å². The van der Waals surface area contributed by atoms with Crippen molar-refractivity contribution in [2.45, 2.75) is 57.6 Å². The van der Waals surface area contributed by atoms with Gasteiger partial charge in [-0.25, -0.2) is 0 Å². The van der Waals surface area contributed by atoms with Crippen LogP contribution in [0.1, 0.15) is 48.8 Å². The van der Waals surface area contributed by atoms with Crippen LogP contribution in [0, 0.1) is 11.8 Å². The topological polar surface area (TPSA) is 114 Å². The molecular weight excluding hydrogens is 568 g/mol. The van der Waals surface area contributed by atoms with Crippen molar-refractivity contribution in [2.75, 3.05) is 19.8 Å². The number of carbonyl (C=O) groups is 3. The predicted octanol–water partition coefficient (Wildman–Crippen LogP) is 4.94. The van der Waals surface area contributed by atoms with Crippen molar-refractivity contribution in [1.82, 2.24) is 10.6 Å². The van der Waals surface area contributed by atoms with Crippen LogP contribution >= 0.6 is 0 Å². The first-order valence-electron chi connectivity index (χ1n) is 15.8. The lowest BCUT2D eigenvalue weighted by molar-refractivity contribution is -0.149. The van der Waals surface area contributed by atoms with Gasteiger partial charge in [0, 0.05) is 6.42 Å². The van der Waals surface area contributed by atoms with Crippen LogP contribution < -0.4 is 15.4 Å². The second-order valence-electron chi connectivity index (χ2n) is 11.5. The second-order valence-corrected chi connectivity index (χ2v) is 11.5. The zero-order valence-electron chi connectivity index (χ0n) is 25.7. The van der Waals surface area contributed by atoms with E-state index in [-0.39, 0.29) is 49.9 Å². The van der Waals surface area contributed by atoms with Crippen molar-refractivity contribution in [3.63, 3.8) is 0 Å². The number of cyclic esters (lactones) is 1. The van der Waals surface area contributed by atoms with Crippen LogP contribution in [0.15, 0.2) is 97.1 Å². The molecule has 3 atom stereocenters. The highest BCUT2D eigenvalue weighted by molar-refractivity contribution is 5.86. The summed E-state index contributed by atoms with van der Waals surface area (Å²) < 4.78 is 11.4. The minimum atomic E-state index is -0.578. The van der Waals surface area contributed by atoms with Crippen molar-refractivity contribution in [2.24, 2.45) is 11.8 Å². The van der Waals surface area contributed by atoms with Crippen molar-refractivity contribution >= 4 is 17.8 Å². The van der Waals surface area contributed by atoms with Gasteiger partial charge in [-0.3, -0.25) is 14.4 Å². The zero-order chi connectivity index (χ0) is 31.7. The Morgan fingerprint density at radius 3 is 2.33 bits per heavy atom. The molecule has 8 nitrogen and oxygen atoms in total. The molecule has 1 aliphatic heterocycles. The molecule has 3 N–H and O–H groups in total. The summed E-state index contributed by atoms with van der Waals surface area (Å²) >= 11 is 0. The molecule has 3 aromatic rings. The predicted molar refractivity (Wildman–Crippen MR) is 173 cm³/mol. The molecule has 0 spiro atoms. The molecule has 3 aromatic carbocycles. The van der Waals surface area contributed by atoms with E-state index in [0.29, 0.717) is 32.3 Å². The number of amides is 2. The number of hydrogen-bond donors (Lipinski definition) is 3. The molecule has 1 heterocycles. The van der Waals surface area contributed by atoms with E-state index in [1.165, 1.54) is 0 Å². The van der Waals surface area contributed by atoms with Crippen LogP contribution in [0.4, 0.5) is 0 Å². The average Bonchev–Trinajstić information content (AvgIpc) is 3.06. The van der Waals surface area contributed by atoms with Crippen molar-refractivity contribution in [3.05, 3.63) is 114 Å². The standard InChI is InChI=1S/C37H44N2O6/c40-26-33(24-29-17-19-34(20-18-29)45-27-30-13-7-4-8-14-30)39-35(41)25-31-15-9-1-2-10-16-32(23-28-11-5-3-6-12-28)37(43)44-22-21-38-36(31)42/h1,3-9,11-14,17-20,31-33,40H,2,10,15-16,21-27H2,(H,38,42)(H,39,41)/t31-,32-,33+/m1/s1. The van der Waals surface area contributed by atoms with Crippen LogP contribution in [0.3, 0.4) is 0 Å². The third kappa shape index (κ3) is 11.9. The van der Waals surface area contributed by atoms with E-state index in [9.17, 15) is 19.5 Å². The van der Waals surface area contributed by atoms with E-state index in [1.54, 1.807) is 0 Å². The molecule has 1 aliphatic rings. The van der Waals surface area contributed by atoms with Gasteiger partial charge in [-0.15, -0.1) is 0 Å². The largest absolute Gasteiger partial charge is 0.489 e. The van der Waals surface area contributed by atoms with E-state index in [4.69, 9.17) is 9.47 Å². The van der Waals surface area contributed by atoms with Crippen molar-refractivity contribution in [3.8, 4) is 5.75 Å². The maximum absolute atomic E-state index is 13.0. The van der Waals surface area contributed by atoms with Gasteiger partial charge in [-0.1, -0.05) is 84.9 Å². The number of benzene rings is 3. The molecule has 45 heavy (non-hydrogen) atoms. The third-order valence-electron chi connectivity index (χ3n) is 7.86. The number of esters is 1. The number of hydrogen-bond acceptors (Lipinski definition) is 6. The van der Waals surface area contributed by atoms with Crippen molar-refractivity contribution in [1.29, 1.82) is 0 Å². The van der Waals surface area contributed by atoms with Crippen LogP contribution in [0.5, 0.6) is 5.75 Å². The van der Waals surface area contributed by atoms with E-state index in [1.807, 2.05) is 97.1 Å². The van der Waals surface area contributed by atoms with Gasteiger partial charge >= 0.3 is 5.97 Å². The highest BCUT2D eigenvalue weighted by Crippen LogP contribution is 2.19. The van der Waals surface area contributed by atoms with Gasteiger partial charge in [0.1, 0.15) is 19.0 Å². The molecular formula is C37H44N2O6. The summed E-state index contributed by atoms with van der Waals surface area (Å²) in [7, 11) is 0. The summed E-state index contributed by atoms with van der Waals surface area (Å²) in [4.78, 5) is 38.8. The Hall–Kier alpha value is -4.43. The molecule has 4 rings (SSSR count). The maximum Gasteiger partial charge on any atom is 0.309 e. The van der Waals surface area contributed by atoms with Crippen LogP contribution in [-0.4, -0.2) is 48.7 Å². The Morgan fingerprint density at radius 2 is 1.62 bits per heavy atom.